The van der Waals surface area contributed by atoms with Crippen LogP contribution in [0.15, 0.2) is 18.2 Å². The van der Waals surface area contributed by atoms with Gasteiger partial charge in [-0.05, 0) is 49.8 Å². The third-order valence-corrected chi connectivity index (χ3v) is 4.03. The van der Waals surface area contributed by atoms with Crippen LogP contribution in [0.25, 0.3) is 0 Å². The van der Waals surface area contributed by atoms with Gasteiger partial charge in [0.25, 0.3) is 0 Å². The molecule has 0 atom stereocenters. The zero-order chi connectivity index (χ0) is 12.3. The minimum absolute atomic E-state index is 0.282. The highest BCUT2D eigenvalue weighted by Gasteiger charge is 2.20. The van der Waals surface area contributed by atoms with Gasteiger partial charge < -0.3 is 5.32 Å². The lowest BCUT2D eigenvalue weighted by molar-refractivity contribution is 0.330. The largest absolute Gasteiger partial charge is 0.381 e. The minimum atomic E-state index is -0.282. The van der Waals surface area contributed by atoms with E-state index in [0.717, 1.165) is 11.6 Å². The van der Waals surface area contributed by atoms with Crippen LogP contribution >= 0.6 is 11.6 Å². The molecule has 17 heavy (non-hydrogen) atoms. The topological polar surface area (TPSA) is 12.0 Å². The van der Waals surface area contributed by atoms with Crippen LogP contribution in [0.3, 0.4) is 0 Å². The Bertz CT molecular complexity index is 372. The Hall–Kier alpha value is -0.760. The van der Waals surface area contributed by atoms with E-state index in [9.17, 15) is 4.39 Å². The Kier molecular flexibility index (Phi) is 4.27. The maximum absolute atomic E-state index is 12.9. The van der Waals surface area contributed by atoms with Crippen molar-refractivity contribution in [2.75, 3.05) is 5.32 Å². The fraction of sp³-hybridized carbons (Fsp3) is 0.571. The van der Waals surface area contributed by atoms with Gasteiger partial charge >= 0.3 is 0 Å². The average Bonchev–Trinajstić information content (AvgIpc) is 2.34. The average molecular weight is 256 g/mol. The van der Waals surface area contributed by atoms with Crippen molar-refractivity contribution in [1.29, 1.82) is 0 Å². The van der Waals surface area contributed by atoms with Gasteiger partial charge in [0.05, 0.1) is 10.7 Å². The summed E-state index contributed by atoms with van der Waals surface area (Å²) in [6, 6.07) is 5.03. The highest BCUT2D eigenvalue weighted by Crippen LogP contribution is 2.30. The normalized spacial score (nSPS) is 24.6. The molecular weight excluding hydrogens is 237 g/mol. The Balaban J connectivity index is 1.93. The molecule has 1 aromatic carbocycles. The van der Waals surface area contributed by atoms with Crippen LogP contribution in [-0.4, -0.2) is 6.04 Å². The molecule has 0 unspecified atom stereocenters. The lowest BCUT2D eigenvalue weighted by Crippen LogP contribution is -2.26. The van der Waals surface area contributed by atoms with Crippen molar-refractivity contribution in [3.63, 3.8) is 0 Å². The van der Waals surface area contributed by atoms with E-state index in [0.29, 0.717) is 11.1 Å². The lowest BCUT2D eigenvalue weighted by atomic mass is 9.84. The van der Waals surface area contributed by atoms with Crippen LogP contribution in [-0.2, 0) is 0 Å². The van der Waals surface area contributed by atoms with Crippen LogP contribution in [0.1, 0.15) is 39.0 Å². The first kappa shape index (κ1) is 12.7. The summed E-state index contributed by atoms with van der Waals surface area (Å²) in [5.41, 5.74) is 0.855. The first-order valence-corrected chi connectivity index (χ1v) is 6.78. The summed E-state index contributed by atoms with van der Waals surface area (Å²) in [7, 11) is 0. The fourth-order valence-electron chi connectivity index (χ4n) is 2.54. The van der Waals surface area contributed by atoms with E-state index in [1.54, 1.807) is 6.07 Å². The molecule has 0 aromatic heterocycles. The smallest absolute Gasteiger partial charge is 0.124 e. The van der Waals surface area contributed by atoms with Crippen molar-refractivity contribution < 1.29 is 4.39 Å². The number of hydrogen-bond acceptors (Lipinski definition) is 1. The molecule has 1 nitrogen and oxygen atoms in total. The second-order valence-electron chi connectivity index (χ2n) is 4.89. The van der Waals surface area contributed by atoms with Gasteiger partial charge in [0.2, 0.25) is 0 Å². The molecule has 1 saturated carbocycles. The molecule has 1 aromatic rings. The quantitative estimate of drug-likeness (QED) is 0.813. The molecule has 94 valence electrons. The maximum atomic E-state index is 12.9. The summed E-state index contributed by atoms with van der Waals surface area (Å²) in [5, 5.41) is 3.90. The van der Waals surface area contributed by atoms with Gasteiger partial charge in [0, 0.05) is 6.04 Å². The highest BCUT2D eigenvalue weighted by molar-refractivity contribution is 6.33. The number of rotatable bonds is 3. The van der Waals surface area contributed by atoms with Gasteiger partial charge in [-0.15, -0.1) is 0 Å². The van der Waals surface area contributed by atoms with Crippen LogP contribution in [0.2, 0.25) is 5.02 Å². The van der Waals surface area contributed by atoms with Crippen molar-refractivity contribution in [2.24, 2.45) is 5.92 Å². The van der Waals surface area contributed by atoms with Crippen molar-refractivity contribution in [1.82, 2.24) is 0 Å². The van der Waals surface area contributed by atoms with E-state index in [4.69, 9.17) is 11.6 Å². The zero-order valence-corrected chi connectivity index (χ0v) is 10.9. The molecule has 1 N–H and O–H groups in total. The van der Waals surface area contributed by atoms with E-state index in [-0.39, 0.29) is 5.82 Å². The van der Waals surface area contributed by atoms with Crippen molar-refractivity contribution in [3.05, 3.63) is 29.0 Å². The fourth-order valence-corrected chi connectivity index (χ4v) is 2.76. The Labute approximate surface area is 107 Å². The molecule has 0 saturated heterocycles. The molecule has 1 fully saturated rings. The van der Waals surface area contributed by atoms with E-state index in [1.807, 2.05) is 0 Å². The van der Waals surface area contributed by atoms with Crippen molar-refractivity contribution in [2.45, 2.75) is 45.1 Å². The summed E-state index contributed by atoms with van der Waals surface area (Å²) in [6.45, 7) is 2.26. The number of nitrogens with one attached hydrogen (secondary N) is 1. The molecule has 0 bridgehead atoms. The molecule has 0 radical (unpaired) electrons. The van der Waals surface area contributed by atoms with Crippen molar-refractivity contribution in [3.8, 4) is 0 Å². The third kappa shape index (κ3) is 3.35. The second kappa shape index (κ2) is 5.72. The Morgan fingerprint density at radius 2 is 2.00 bits per heavy atom. The molecule has 0 spiro atoms. The van der Waals surface area contributed by atoms with Gasteiger partial charge in [-0.1, -0.05) is 24.9 Å². The Morgan fingerprint density at radius 3 is 2.59 bits per heavy atom. The molecule has 0 heterocycles. The van der Waals surface area contributed by atoms with Gasteiger partial charge in [0.15, 0.2) is 0 Å². The summed E-state index contributed by atoms with van der Waals surface area (Å²) in [5.74, 6) is 0.604. The van der Waals surface area contributed by atoms with Gasteiger partial charge in [-0.3, -0.25) is 0 Å². The predicted octanol–water partition coefficient (Wildman–Crippen LogP) is 4.86. The van der Waals surface area contributed by atoms with Crippen molar-refractivity contribution >= 4 is 17.3 Å². The zero-order valence-electron chi connectivity index (χ0n) is 10.2. The van der Waals surface area contributed by atoms with E-state index in [2.05, 4.69) is 12.2 Å². The second-order valence-corrected chi connectivity index (χ2v) is 5.30. The standard InChI is InChI=1S/C14H19ClFN/c1-2-10-3-6-12(7-4-10)17-14-8-5-11(16)9-13(14)15/h5,8-10,12,17H,2-4,6-7H2,1H3. The maximum Gasteiger partial charge on any atom is 0.124 e. The van der Waals surface area contributed by atoms with Crippen LogP contribution < -0.4 is 5.32 Å². The van der Waals surface area contributed by atoms with Gasteiger partial charge in [-0.25, -0.2) is 4.39 Å². The molecule has 3 heteroatoms. The molecule has 1 aliphatic rings. The Morgan fingerprint density at radius 1 is 1.29 bits per heavy atom. The number of hydrogen-bond donors (Lipinski definition) is 1. The highest BCUT2D eigenvalue weighted by atomic mass is 35.5. The lowest BCUT2D eigenvalue weighted by Gasteiger charge is -2.29. The molecular formula is C14H19ClFN. The van der Waals surface area contributed by atoms with E-state index >= 15 is 0 Å². The van der Waals surface area contributed by atoms with E-state index in [1.165, 1.54) is 44.2 Å². The minimum Gasteiger partial charge on any atom is -0.381 e. The first-order chi connectivity index (χ1) is 8.19. The predicted molar refractivity (Wildman–Crippen MR) is 71.1 cm³/mol. The van der Waals surface area contributed by atoms with Crippen LogP contribution in [0, 0.1) is 11.7 Å². The number of anilines is 1. The summed E-state index contributed by atoms with van der Waals surface area (Å²) in [6.07, 6.45) is 6.22. The van der Waals surface area contributed by atoms with E-state index < -0.39 is 0 Å². The van der Waals surface area contributed by atoms with Gasteiger partial charge in [-0.2, -0.15) is 0 Å². The van der Waals surface area contributed by atoms with Crippen LogP contribution in [0.4, 0.5) is 10.1 Å². The molecule has 1 aliphatic carbocycles. The molecule has 2 rings (SSSR count). The van der Waals surface area contributed by atoms with Gasteiger partial charge in [0.1, 0.15) is 5.82 Å². The first-order valence-electron chi connectivity index (χ1n) is 6.40. The monoisotopic (exact) mass is 255 g/mol. The SMILES string of the molecule is CCC1CCC(Nc2ccc(F)cc2Cl)CC1. The summed E-state index contributed by atoms with van der Waals surface area (Å²) < 4.78 is 12.9. The number of benzene rings is 1. The molecule has 0 amide bonds. The summed E-state index contributed by atoms with van der Waals surface area (Å²) >= 11 is 6.00. The molecule has 0 aliphatic heterocycles. The number of halogens is 2. The summed E-state index contributed by atoms with van der Waals surface area (Å²) in [4.78, 5) is 0. The third-order valence-electron chi connectivity index (χ3n) is 3.71. The van der Waals surface area contributed by atoms with Crippen LogP contribution in [0.5, 0.6) is 0 Å².